The highest BCUT2D eigenvalue weighted by atomic mass is 14.3. The molecule has 72 valence electrons. The van der Waals surface area contributed by atoms with Crippen molar-refractivity contribution in [2.45, 2.75) is 46.0 Å². The summed E-state index contributed by atoms with van der Waals surface area (Å²) in [6.07, 6.45) is 11.9. The van der Waals surface area contributed by atoms with Crippen LogP contribution in [0.3, 0.4) is 0 Å². The van der Waals surface area contributed by atoms with Crippen LogP contribution in [-0.4, -0.2) is 0 Å². The van der Waals surface area contributed by atoms with Gasteiger partial charge >= 0.3 is 0 Å². The molecule has 0 amide bonds. The summed E-state index contributed by atoms with van der Waals surface area (Å²) in [6, 6.07) is 0. The van der Waals surface area contributed by atoms with Gasteiger partial charge in [-0.05, 0) is 43.1 Å². The Morgan fingerprint density at radius 3 is 2.92 bits per heavy atom. The molecule has 0 aromatic rings. The summed E-state index contributed by atoms with van der Waals surface area (Å²) in [5.74, 6) is 1.63. The molecular weight excluding hydrogens is 156 g/mol. The lowest BCUT2D eigenvalue weighted by atomic mass is 9.77. The van der Waals surface area contributed by atoms with Crippen LogP contribution >= 0.6 is 0 Å². The monoisotopic (exact) mass is 176 g/mol. The van der Waals surface area contributed by atoms with Crippen molar-refractivity contribution < 1.29 is 0 Å². The van der Waals surface area contributed by atoms with Crippen LogP contribution in [-0.2, 0) is 0 Å². The van der Waals surface area contributed by atoms with Gasteiger partial charge in [-0.25, -0.2) is 0 Å². The second-order valence-corrected chi connectivity index (χ2v) is 4.76. The van der Waals surface area contributed by atoms with Crippen LogP contribution in [0.1, 0.15) is 46.0 Å². The normalized spacial score (nSPS) is 28.1. The summed E-state index contributed by atoms with van der Waals surface area (Å²) >= 11 is 0. The fourth-order valence-electron chi connectivity index (χ4n) is 2.52. The van der Waals surface area contributed by atoms with Crippen LogP contribution in [0.2, 0.25) is 0 Å². The van der Waals surface area contributed by atoms with Gasteiger partial charge in [-0.1, -0.05) is 38.0 Å². The van der Waals surface area contributed by atoms with E-state index in [1.165, 1.54) is 32.1 Å². The van der Waals surface area contributed by atoms with Crippen molar-refractivity contribution in [1.82, 2.24) is 0 Å². The van der Waals surface area contributed by atoms with Gasteiger partial charge in [0.1, 0.15) is 0 Å². The fourth-order valence-corrected chi connectivity index (χ4v) is 2.52. The molecule has 13 heavy (non-hydrogen) atoms. The summed E-state index contributed by atoms with van der Waals surface area (Å²) in [7, 11) is 0. The molecule has 0 aliphatic heterocycles. The molecule has 1 atom stereocenters. The number of fused-ring (bicyclic) bond motifs is 1. The van der Waals surface area contributed by atoms with E-state index in [2.05, 4.69) is 26.0 Å². The van der Waals surface area contributed by atoms with Crippen molar-refractivity contribution in [3.05, 3.63) is 23.3 Å². The molecule has 0 aromatic carbocycles. The highest BCUT2D eigenvalue weighted by molar-refractivity contribution is 5.31. The second kappa shape index (κ2) is 3.69. The van der Waals surface area contributed by atoms with Crippen molar-refractivity contribution in [3.8, 4) is 0 Å². The maximum Gasteiger partial charge on any atom is -0.0165 e. The van der Waals surface area contributed by atoms with Crippen molar-refractivity contribution in [2.24, 2.45) is 11.8 Å². The number of hydrogen-bond donors (Lipinski definition) is 0. The van der Waals surface area contributed by atoms with Crippen molar-refractivity contribution in [1.29, 1.82) is 0 Å². The van der Waals surface area contributed by atoms with Gasteiger partial charge in [0.25, 0.3) is 0 Å². The smallest absolute Gasteiger partial charge is 0.0165 e. The van der Waals surface area contributed by atoms with E-state index in [1.807, 2.05) is 0 Å². The highest BCUT2D eigenvalue weighted by Crippen LogP contribution is 2.37. The van der Waals surface area contributed by atoms with Gasteiger partial charge in [-0.15, -0.1) is 0 Å². The molecule has 0 spiro atoms. The maximum atomic E-state index is 2.48. The van der Waals surface area contributed by atoms with Crippen LogP contribution < -0.4 is 0 Å². The molecule has 1 fully saturated rings. The predicted octanol–water partition coefficient (Wildman–Crippen LogP) is 4.09. The fraction of sp³-hybridized carbons (Fsp3) is 0.692. The molecule has 0 heterocycles. The summed E-state index contributed by atoms with van der Waals surface area (Å²) in [6.45, 7) is 4.60. The van der Waals surface area contributed by atoms with E-state index in [0.717, 1.165) is 11.8 Å². The van der Waals surface area contributed by atoms with Crippen molar-refractivity contribution in [3.63, 3.8) is 0 Å². The Morgan fingerprint density at radius 2 is 2.15 bits per heavy atom. The first-order chi connectivity index (χ1) is 6.27. The van der Waals surface area contributed by atoms with Gasteiger partial charge in [0.15, 0.2) is 0 Å². The number of hydrogen-bond acceptors (Lipinski definition) is 0. The number of allylic oxidation sites excluding steroid dienone is 4. The third kappa shape index (κ3) is 1.87. The molecule has 1 unspecified atom stereocenters. The minimum absolute atomic E-state index is 0.718. The summed E-state index contributed by atoms with van der Waals surface area (Å²) < 4.78 is 0. The Hall–Kier alpha value is -0.520. The van der Waals surface area contributed by atoms with Gasteiger partial charge in [-0.3, -0.25) is 0 Å². The van der Waals surface area contributed by atoms with Gasteiger partial charge in [-0.2, -0.15) is 0 Å². The quantitative estimate of drug-likeness (QED) is 0.564. The lowest BCUT2D eigenvalue weighted by molar-refractivity contribution is 0.448. The zero-order valence-corrected chi connectivity index (χ0v) is 8.84. The van der Waals surface area contributed by atoms with Gasteiger partial charge in [0.2, 0.25) is 0 Å². The molecule has 2 rings (SSSR count). The van der Waals surface area contributed by atoms with Crippen LogP contribution in [0.5, 0.6) is 0 Å². The van der Waals surface area contributed by atoms with E-state index in [9.17, 15) is 0 Å². The summed E-state index contributed by atoms with van der Waals surface area (Å²) in [5.41, 5.74) is 3.32. The second-order valence-electron chi connectivity index (χ2n) is 4.76. The van der Waals surface area contributed by atoms with Crippen molar-refractivity contribution in [2.75, 3.05) is 0 Å². The minimum atomic E-state index is 0.718. The van der Waals surface area contributed by atoms with Crippen LogP contribution in [0.25, 0.3) is 0 Å². The third-order valence-electron chi connectivity index (χ3n) is 3.45. The molecule has 0 N–H and O–H groups in total. The van der Waals surface area contributed by atoms with Crippen LogP contribution in [0, 0.1) is 11.8 Å². The molecular formula is C13H20. The molecule has 0 aromatic heterocycles. The largest absolute Gasteiger partial charge is 0.0805 e. The first-order valence-corrected chi connectivity index (χ1v) is 5.68. The van der Waals surface area contributed by atoms with E-state index < -0.39 is 0 Å². The average Bonchev–Trinajstić information content (AvgIpc) is 2.17. The number of rotatable bonds is 1. The zero-order valence-electron chi connectivity index (χ0n) is 8.84. The Morgan fingerprint density at radius 1 is 1.31 bits per heavy atom. The average molecular weight is 176 g/mol. The predicted molar refractivity (Wildman–Crippen MR) is 57.6 cm³/mol. The lowest BCUT2D eigenvalue weighted by Crippen LogP contribution is -2.13. The third-order valence-corrected chi connectivity index (χ3v) is 3.45. The van der Waals surface area contributed by atoms with E-state index in [0.29, 0.717) is 0 Å². The summed E-state index contributed by atoms with van der Waals surface area (Å²) in [5, 5.41) is 0. The Kier molecular flexibility index (Phi) is 2.57. The topological polar surface area (TPSA) is 0 Å². The van der Waals surface area contributed by atoms with Crippen LogP contribution in [0.4, 0.5) is 0 Å². The molecule has 2 aliphatic carbocycles. The minimum Gasteiger partial charge on any atom is -0.0805 e. The standard InChI is InChI=1S/C13H20/c1-10(2)12-8-7-11-5-3-4-6-13(11)9-12/h8-11H,3-7H2,1-2H3. The van der Waals surface area contributed by atoms with Gasteiger partial charge in [0.05, 0.1) is 0 Å². The lowest BCUT2D eigenvalue weighted by Gasteiger charge is -2.29. The molecule has 0 saturated heterocycles. The van der Waals surface area contributed by atoms with E-state index in [-0.39, 0.29) is 0 Å². The zero-order chi connectivity index (χ0) is 9.26. The van der Waals surface area contributed by atoms with E-state index in [1.54, 1.807) is 11.1 Å². The molecule has 0 radical (unpaired) electrons. The Balaban J connectivity index is 2.14. The first kappa shape index (κ1) is 9.05. The van der Waals surface area contributed by atoms with Gasteiger partial charge < -0.3 is 0 Å². The highest BCUT2D eigenvalue weighted by Gasteiger charge is 2.21. The Bertz CT molecular complexity index is 243. The molecule has 1 saturated carbocycles. The Labute approximate surface area is 81.7 Å². The van der Waals surface area contributed by atoms with Crippen molar-refractivity contribution >= 4 is 0 Å². The van der Waals surface area contributed by atoms with E-state index in [4.69, 9.17) is 0 Å². The van der Waals surface area contributed by atoms with Crippen LogP contribution in [0.15, 0.2) is 23.3 Å². The summed E-state index contributed by atoms with van der Waals surface area (Å²) in [4.78, 5) is 0. The first-order valence-electron chi connectivity index (χ1n) is 5.68. The molecule has 0 bridgehead atoms. The SMILES string of the molecule is CC(C)C1=CCC2CCCCC2=C1. The molecule has 2 aliphatic rings. The molecule has 0 heteroatoms. The maximum absolute atomic E-state index is 2.48. The van der Waals surface area contributed by atoms with Gasteiger partial charge in [0, 0.05) is 0 Å². The molecule has 0 nitrogen and oxygen atoms in total. The van der Waals surface area contributed by atoms with E-state index >= 15 is 0 Å².